The molecule has 1 N–H and O–H groups in total. The molecule has 0 radical (unpaired) electrons. The number of halogens is 1. The molecule has 0 aromatic heterocycles. The van der Waals surface area contributed by atoms with Gasteiger partial charge >= 0.3 is 0 Å². The highest BCUT2D eigenvalue weighted by Crippen LogP contribution is 2.29. The number of aryl methyl sites for hydroxylation is 1. The molecule has 1 fully saturated rings. The van der Waals surface area contributed by atoms with Crippen LogP contribution in [-0.2, 0) is 11.3 Å². The minimum atomic E-state index is -0.276. The Labute approximate surface area is 160 Å². The quantitative estimate of drug-likeness (QED) is 0.864. The highest BCUT2D eigenvalue weighted by molar-refractivity contribution is 5.98. The van der Waals surface area contributed by atoms with Crippen molar-refractivity contribution in [2.75, 3.05) is 31.2 Å². The van der Waals surface area contributed by atoms with Crippen molar-refractivity contribution in [3.05, 3.63) is 64.5 Å². The van der Waals surface area contributed by atoms with E-state index in [9.17, 15) is 9.18 Å². The molecule has 1 heterocycles. The first-order valence-corrected chi connectivity index (χ1v) is 9.45. The monoisotopic (exact) mass is 370 g/mol. The van der Waals surface area contributed by atoms with Crippen LogP contribution in [0.25, 0.3) is 0 Å². The normalized spacial score (nSPS) is 14.5. The number of benzene rings is 2. The molecule has 0 unspecified atom stereocenters. The van der Waals surface area contributed by atoms with Gasteiger partial charge in [-0.3, -0.25) is 4.79 Å². The van der Waals surface area contributed by atoms with Gasteiger partial charge in [-0.05, 0) is 53.8 Å². The van der Waals surface area contributed by atoms with Crippen molar-refractivity contribution in [3.63, 3.8) is 0 Å². The fourth-order valence-corrected chi connectivity index (χ4v) is 3.44. The summed E-state index contributed by atoms with van der Waals surface area (Å²) >= 11 is 0. The van der Waals surface area contributed by atoms with Crippen LogP contribution in [-0.4, -0.2) is 32.2 Å². The first kappa shape index (κ1) is 19.4. The van der Waals surface area contributed by atoms with Crippen molar-refractivity contribution < 1.29 is 13.9 Å². The number of amides is 1. The summed E-state index contributed by atoms with van der Waals surface area (Å²) in [4.78, 5) is 15.2. The number of hydrogen-bond donors (Lipinski definition) is 1. The molecule has 27 heavy (non-hydrogen) atoms. The minimum absolute atomic E-state index is 0.0888. The van der Waals surface area contributed by atoms with Gasteiger partial charge in [0.1, 0.15) is 5.82 Å². The lowest BCUT2D eigenvalue weighted by molar-refractivity contribution is 0.0949. The van der Waals surface area contributed by atoms with Crippen molar-refractivity contribution >= 4 is 11.6 Å². The van der Waals surface area contributed by atoms with Crippen LogP contribution in [0.15, 0.2) is 36.4 Å². The number of nitrogens with zero attached hydrogens (tertiary/aromatic N) is 1. The third-order valence-electron chi connectivity index (χ3n) is 4.94. The van der Waals surface area contributed by atoms with Crippen LogP contribution in [0.4, 0.5) is 10.1 Å². The predicted octanol–water partition coefficient (Wildman–Crippen LogP) is 4.02. The van der Waals surface area contributed by atoms with E-state index < -0.39 is 0 Å². The number of carbonyl (C=O) groups is 1. The lowest BCUT2D eigenvalue weighted by Crippen LogP contribution is -2.36. The Kier molecular flexibility index (Phi) is 6.11. The molecule has 3 rings (SSSR count). The van der Waals surface area contributed by atoms with Gasteiger partial charge in [-0.25, -0.2) is 4.39 Å². The number of rotatable bonds is 5. The Morgan fingerprint density at radius 3 is 2.48 bits per heavy atom. The summed E-state index contributed by atoms with van der Waals surface area (Å²) in [6.45, 7) is 9.78. The first-order chi connectivity index (χ1) is 13.0. The third kappa shape index (κ3) is 4.66. The van der Waals surface area contributed by atoms with Crippen molar-refractivity contribution in [1.29, 1.82) is 0 Å². The fourth-order valence-electron chi connectivity index (χ4n) is 3.44. The molecule has 1 aliphatic rings. The van der Waals surface area contributed by atoms with Crippen LogP contribution < -0.4 is 10.2 Å². The summed E-state index contributed by atoms with van der Waals surface area (Å²) < 4.78 is 18.5. The number of hydrogen-bond acceptors (Lipinski definition) is 3. The number of nitrogens with one attached hydrogen (secondary N) is 1. The third-order valence-corrected chi connectivity index (χ3v) is 4.94. The van der Waals surface area contributed by atoms with Gasteiger partial charge in [0.15, 0.2) is 0 Å². The highest BCUT2D eigenvalue weighted by atomic mass is 19.1. The first-order valence-electron chi connectivity index (χ1n) is 9.45. The zero-order valence-electron chi connectivity index (χ0n) is 16.2. The topological polar surface area (TPSA) is 41.6 Å². The number of anilines is 1. The van der Waals surface area contributed by atoms with Crippen molar-refractivity contribution in [3.8, 4) is 0 Å². The molecule has 2 aromatic carbocycles. The molecule has 144 valence electrons. The summed E-state index contributed by atoms with van der Waals surface area (Å²) in [5.41, 5.74) is 4.78. The van der Waals surface area contributed by atoms with Gasteiger partial charge in [-0.15, -0.1) is 0 Å². The Morgan fingerprint density at radius 2 is 1.85 bits per heavy atom. The van der Waals surface area contributed by atoms with E-state index in [0.29, 0.717) is 6.54 Å². The summed E-state index contributed by atoms with van der Waals surface area (Å²) in [6.07, 6.45) is 0. The summed E-state index contributed by atoms with van der Waals surface area (Å²) in [5.74, 6) is -0.132. The Hall–Kier alpha value is -2.40. The van der Waals surface area contributed by atoms with Gasteiger partial charge in [0, 0.05) is 30.9 Å². The van der Waals surface area contributed by atoms with Crippen LogP contribution in [0.3, 0.4) is 0 Å². The maximum absolute atomic E-state index is 13.0. The molecule has 1 amide bonds. The molecule has 1 saturated heterocycles. The lowest BCUT2D eigenvalue weighted by Gasteiger charge is -2.30. The minimum Gasteiger partial charge on any atom is -0.378 e. The summed E-state index contributed by atoms with van der Waals surface area (Å²) in [6, 6.07) is 10.4. The van der Waals surface area contributed by atoms with Crippen LogP contribution in [0.1, 0.15) is 46.8 Å². The molecular weight excluding hydrogens is 343 g/mol. The number of morpholine rings is 1. The van der Waals surface area contributed by atoms with E-state index in [1.54, 1.807) is 12.1 Å². The molecule has 0 bridgehead atoms. The van der Waals surface area contributed by atoms with E-state index in [-0.39, 0.29) is 17.6 Å². The van der Waals surface area contributed by atoms with E-state index in [0.717, 1.165) is 54.2 Å². The van der Waals surface area contributed by atoms with Gasteiger partial charge in [-0.2, -0.15) is 0 Å². The molecule has 4 nitrogen and oxygen atoms in total. The Bertz CT molecular complexity index is 797. The Balaban J connectivity index is 1.82. The van der Waals surface area contributed by atoms with Crippen molar-refractivity contribution in [2.45, 2.75) is 33.2 Å². The van der Waals surface area contributed by atoms with Crippen molar-refractivity contribution in [1.82, 2.24) is 5.32 Å². The van der Waals surface area contributed by atoms with E-state index in [1.807, 2.05) is 6.92 Å². The zero-order chi connectivity index (χ0) is 19.4. The standard InChI is InChI=1S/C22H27FN2O2/c1-15(2)20-13-19(25-8-10-27-11-9-25)12-16(3)21(20)22(26)24-14-17-4-6-18(23)7-5-17/h4-7,12-13,15H,8-11,14H2,1-3H3,(H,24,26). The van der Waals surface area contributed by atoms with Gasteiger partial charge in [0.25, 0.3) is 5.91 Å². The SMILES string of the molecule is Cc1cc(N2CCOCC2)cc(C(C)C)c1C(=O)NCc1ccc(F)cc1. The van der Waals surface area contributed by atoms with Gasteiger partial charge in [0.05, 0.1) is 13.2 Å². The molecule has 0 saturated carbocycles. The largest absolute Gasteiger partial charge is 0.378 e. The zero-order valence-corrected chi connectivity index (χ0v) is 16.2. The van der Waals surface area contributed by atoms with Crippen LogP contribution in [0.2, 0.25) is 0 Å². The second kappa shape index (κ2) is 8.53. The maximum atomic E-state index is 13.0. The van der Waals surface area contributed by atoms with Gasteiger partial charge in [0.2, 0.25) is 0 Å². The van der Waals surface area contributed by atoms with E-state index >= 15 is 0 Å². The summed E-state index contributed by atoms with van der Waals surface area (Å²) in [5, 5.41) is 2.97. The second-order valence-corrected chi connectivity index (χ2v) is 7.29. The lowest BCUT2D eigenvalue weighted by atomic mass is 9.92. The van der Waals surface area contributed by atoms with E-state index in [2.05, 4.69) is 36.2 Å². The molecule has 1 aliphatic heterocycles. The number of ether oxygens (including phenoxy) is 1. The molecule has 0 spiro atoms. The van der Waals surface area contributed by atoms with Gasteiger partial charge in [-0.1, -0.05) is 26.0 Å². The fraction of sp³-hybridized carbons (Fsp3) is 0.409. The molecule has 2 aromatic rings. The van der Waals surface area contributed by atoms with Gasteiger partial charge < -0.3 is 15.0 Å². The predicted molar refractivity (Wildman–Crippen MR) is 106 cm³/mol. The molecule has 5 heteroatoms. The average Bonchev–Trinajstić information content (AvgIpc) is 2.67. The van der Waals surface area contributed by atoms with Crippen molar-refractivity contribution in [2.24, 2.45) is 0 Å². The van der Waals surface area contributed by atoms with Crippen LogP contribution in [0, 0.1) is 12.7 Å². The molecule has 0 atom stereocenters. The van der Waals surface area contributed by atoms with E-state index in [1.165, 1.54) is 12.1 Å². The highest BCUT2D eigenvalue weighted by Gasteiger charge is 2.20. The van der Waals surface area contributed by atoms with Crippen LogP contribution >= 0.6 is 0 Å². The maximum Gasteiger partial charge on any atom is 0.252 e. The number of carbonyl (C=O) groups excluding carboxylic acids is 1. The smallest absolute Gasteiger partial charge is 0.252 e. The Morgan fingerprint density at radius 1 is 1.19 bits per heavy atom. The molecular formula is C22H27FN2O2. The van der Waals surface area contributed by atoms with Crippen LogP contribution in [0.5, 0.6) is 0 Å². The molecule has 0 aliphatic carbocycles. The van der Waals surface area contributed by atoms with E-state index in [4.69, 9.17) is 4.74 Å². The summed E-state index contributed by atoms with van der Waals surface area (Å²) in [7, 11) is 0. The second-order valence-electron chi connectivity index (χ2n) is 7.29. The average molecular weight is 370 g/mol.